The van der Waals surface area contributed by atoms with Crippen LogP contribution in [0.5, 0.6) is 0 Å². The minimum absolute atomic E-state index is 0.0856. The molecule has 0 bridgehead atoms. The lowest BCUT2D eigenvalue weighted by Gasteiger charge is -2.19. The molecule has 1 unspecified atom stereocenters. The van der Waals surface area contributed by atoms with E-state index in [2.05, 4.69) is 9.55 Å². The van der Waals surface area contributed by atoms with E-state index in [9.17, 15) is 9.59 Å². The van der Waals surface area contributed by atoms with E-state index in [1.807, 2.05) is 65.1 Å². The molecule has 0 N–H and O–H groups in total. The summed E-state index contributed by atoms with van der Waals surface area (Å²) in [5.41, 5.74) is 4.06. The molecule has 26 heavy (non-hydrogen) atoms. The Morgan fingerprint density at radius 2 is 1.96 bits per heavy atom. The molecule has 5 nitrogen and oxygen atoms in total. The highest BCUT2D eigenvalue weighted by Gasteiger charge is 2.37. The third kappa shape index (κ3) is 3.21. The summed E-state index contributed by atoms with van der Waals surface area (Å²) in [4.78, 5) is 31.2. The van der Waals surface area contributed by atoms with Crippen LogP contribution in [0.4, 0.5) is 4.79 Å². The topological polar surface area (TPSA) is 55.2 Å². The fourth-order valence-corrected chi connectivity index (χ4v) is 3.98. The summed E-state index contributed by atoms with van der Waals surface area (Å²) in [5.74, 6) is 0.644. The molecule has 3 rings (SSSR count). The number of carbonyl (C=O) groups is 2. The van der Waals surface area contributed by atoms with Crippen LogP contribution >= 0.6 is 11.8 Å². The van der Waals surface area contributed by atoms with E-state index < -0.39 is 0 Å². The average Bonchev–Trinajstić information content (AvgIpc) is 3.04. The number of rotatable bonds is 4. The largest absolute Gasteiger partial charge is 0.303 e. The van der Waals surface area contributed by atoms with Crippen molar-refractivity contribution in [1.82, 2.24) is 14.5 Å². The Balaban J connectivity index is 1.98. The van der Waals surface area contributed by atoms with Gasteiger partial charge in [0.15, 0.2) is 0 Å². The smallest absolute Gasteiger partial charge is 0.293 e. The van der Waals surface area contributed by atoms with E-state index in [-0.39, 0.29) is 17.2 Å². The first-order valence-corrected chi connectivity index (χ1v) is 9.54. The van der Waals surface area contributed by atoms with Crippen molar-refractivity contribution in [3.63, 3.8) is 0 Å². The van der Waals surface area contributed by atoms with Gasteiger partial charge in [0.05, 0.1) is 4.91 Å². The molecule has 0 radical (unpaired) electrons. The zero-order valence-corrected chi connectivity index (χ0v) is 16.6. The normalized spacial score (nSPS) is 17.4. The summed E-state index contributed by atoms with van der Waals surface area (Å²) in [5, 5.41) is -0.190. The van der Waals surface area contributed by atoms with Gasteiger partial charge >= 0.3 is 0 Å². The summed E-state index contributed by atoms with van der Waals surface area (Å²) < 4.78 is 2.06. The average molecular weight is 369 g/mol. The van der Waals surface area contributed by atoms with Crippen molar-refractivity contribution < 1.29 is 9.59 Å². The van der Waals surface area contributed by atoms with Crippen molar-refractivity contribution in [3.8, 4) is 5.82 Å². The van der Waals surface area contributed by atoms with Crippen LogP contribution in [0.25, 0.3) is 11.9 Å². The second-order valence-electron chi connectivity index (χ2n) is 6.66. The maximum absolute atomic E-state index is 12.6. The van der Waals surface area contributed by atoms with Crippen LogP contribution in [-0.2, 0) is 4.79 Å². The van der Waals surface area contributed by atoms with Crippen LogP contribution in [0, 0.1) is 20.8 Å². The number of carbonyl (C=O) groups excluding carboxylic acids is 2. The van der Waals surface area contributed by atoms with Gasteiger partial charge in [0, 0.05) is 23.6 Å². The number of imide groups is 1. The zero-order valence-electron chi connectivity index (χ0n) is 15.7. The number of hydrogen-bond acceptors (Lipinski definition) is 4. The quantitative estimate of drug-likeness (QED) is 0.737. The number of nitrogens with zero attached hydrogens (tertiary/aromatic N) is 3. The monoisotopic (exact) mass is 369 g/mol. The van der Waals surface area contributed by atoms with Crippen molar-refractivity contribution in [2.24, 2.45) is 0 Å². The number of thioether (sulfide) groups is 1. The van der Waals surface area contributed by atoms with Crippen molar-refractivity contribution in [2.75, 3.05) is 0 Å². The Morgan fingerprint density at radius 1 is 1.23 bits per heavy atom. The van der Waals surface area contributed by atoms with Crippen molar-refractivity contribution in [1.29, 1.82) is 0 Å². The molecule has 2 aromatic heterocycles. The van der Waals surface area contributed by atoms with Gasteiger partial charge in [-0.05, 0) is 75.2 Å². The predicted molar refractivity (Wildman–Crippen MR) is 105 cm³/mol. The molecule has 0 saturated carbocycles. The van der Waals surface area contributed by atoms with Gasteiger partial charge in [-0.3, -0.25) is 14.5 Å². The number of amides is 2. The van der Waals surface area contributed by atoms with Gasteiger partial charge in [-0.15, -0.1) is 0 Å². The summed E-state index contributed by atoms with van der Waals surface area (Å²) in [6.07, 6.45) is 4.41. The molecular formula is C20H23N3O2S. The molecule has 6 heteroatoms. The fraction of sp³-hybridized carbons (Fsp3) is 0.350. The van der Waals surface area contributed by atoms with Gasteiger partial charge < -0.3 is 4.57 Å². The number of aromatic nitrogens is 2. The standard InChI is InChI=1S/C20H23N3O2S/c1-6-13(3)23-19(24)17(26-20(23)25)10-16-9-14(4)22(15(16)5)18-8-7-12(2)11-21-18/h7-11,13H,6H2,1-5H3/b17-10-. The van der Waals surface area contributed by atoms with Crippen LogP contribution in [-0.4, -0.2) is 31.6 Å². The molecule has 3 heterocycles. The number of pyridine rings is 1. The molecule has 1 fully saturated rings. The highest BCUT2D eigenvalue weighted by molar-refractivity contribution is 8.18. The van der Waals surface area contributed by atoms with E-state index in [1.54, 1.807) is 0 Å². The molecule has 136 valence electrons. The Hall–Kier alpha value is -2.34. The first kappa shape index (κ1) is 18.5. The van der Waals surface area contributed by atoms with Gasteiger partial charge in [0.2, 0.25) is 0 Å². The Morgan fingerprint density at radius 3 is 2.58 bits per heavy atom. The lowest BCUT2D eigenvalue weighted by molar-refractivity contribution is -0.124. The Bertz CT molecular complexity index is 897. The van der Waals surface area contributed by atoms with Gasteiger partial charge in [-0.25, -0.2) is 4.98 Å². The predicted octanol–water partition coefficient (Wildman–Crippen LogP) is 4.63. The Kier molecular flexibility index (Phi) is 5.05. The minimum atomic E-state index is -0.201. The first-order chi connectivity index (χ1) is 12.3. The summed E-state index contributed by atoms with van der Waals surface area (Å²) >= 11 is 1.02. The lowest BCUT2D eigenvalue weighted by atomic mass is 10.2. The lowest BCUT2D eigenvalue weighted by Crippen LogP contribution is -2.36. The molecule has 1 aliphatic heterocycles. The molecular weight excluding hydrogens is 346 g/mol. The molecule has 0 aromatic carbocycles. The fourth-order valence-electron chi connectivity index (χ4n) is 3.06. The Labute approximate surface area is 158 Å². The highest BCUT2D eigenvalue weighted by Crippen LogP contribution is 2.35. The zero-order chi connectivity index (χ0) is 19.0. The van der Waals surface area contributed by atoms with Gasteiger partial charge in [0.25, 0.3) is 11.1 Å². The molecule has 1 aliphatic rings. The number of hydrogen-bond donors (Lipinski definition) is 0. The van der Waals surface area contributed by atoms with E-state index in [0.717, 1.165) is 46.5 Å². The van der Waals surface area contributed by atoms with E-state index in [0.29, 0.717) is 4.91 Å². The van der Waals surface area contributed by atoms with Crippen LogP contribution < -0.4 is 0 Å². The second kappa shape index (κ2) is 7.11. The minimum Gasteiger partial charge on any atom is -0.303 e. The maximum Gasteiger partial charge on any atom is 0.293 e. The van der Waals surface area contributed by atoms with Crippen LogP contribution in [0.15, 0.2) is 29.3 Å². The molecule has 1 saturated heterocycles. The molecule has 1 atom stereocenters. The summed E-state index contributed by atoms with van der Waals surface area (Å²) in [6, 6.07) is 5.94. The third-order valence-electron chi connectivity index (χ3n) is 4.74. The summed E-state index contributed by atoms with van der Waals surface area (Å²) in [6.45, 7) is 9.88. The first-order valence-electron chi connectivity index (χ1n) is 8.72. The van der Waals surface area contributed by atoms with Crippen LogP contribution in [0.3, 0.4) is 0 Å². The van der Waals surface area contributed by atoms with Crippen molar-refractivity contribution in [2.45, 2.75) is 47.1 Å². The molecule has 0 spiro atoms. The van der Waals surface area contributed by atoms with E-state index in [1.165, 1.54) is 4.90 Å². The molecule has 2 amide bonds. The molecule has 2 aromatic rings. The second-order valence-corrected chi connectivity index (χ2v) is 7.66. The molecule has 0 aliphatic carbocycles. The van der Waals surface area contributed by atoms with Crippen molar-refractivity contribution >= 4 is 29.0 Å². The van der Waals surface area contributed by atoms with E-state index in [4.69, 9.17) is 0 Å². The van der Waals surface area contributed by atoms with Crippen molar-refractivity contribution in [3.05, 3.63) is 51.8 Å². The van der Waals surface area contributed by atoms with Gasteiger partial charge in [-0.2, -0.15) is 0 Å². The van der Waals surface area contributed by atoms with E-state index >= 15 is 0 Å². The van der Waals surface area contributed by atoms with Gasteiger partial charge in [0.1, 0.15) is 5.82 Å². The summed E-state index contributed by atoms with van der Waals surface area (Å²) in [7, 11) is 0. The maximum atomic E-state index is 12.6. The third-order valence-corrected chi connectivity index (χ3v) is 5.62. The SMILES string of the molecule is CCC(C)N1C(=O)S/C(=C\c2cc(C)n(-c3ccc(C)cn3)c2C)C1=O. The van der Waals surface area contributed by atoms with Crippen LogP contribution in [0.1, 0.15) is 42.8 Å². The highest BCUT2D eigenvalue weighted by atomic mass is 32.2. The van der Waals surface area contributed by atoms with Crippen LogP contribution in [0.2, 0.25) is 0 Å². The van der Waals surface area contributed by atoms with Gasteiger partial charge in [-0.1, -0.05) is 13.0 Å². The number of aryl methyl sites for hydroxylation is 2.